The van der Waals surface area contributed by atoms with Gasteiger partial charge < -0.3 is 34.1 Å². The summed E-state index contributed by atoms with van der Waals surface area (Å²) in [6.45, 7) is 13.6. The molecule has 3 aliphatic rings. The number of carbonyl (C=O) groups excluding carboxylic acids is 5. The minimum atomic E-state index is -2.30. The number of aryl methyl sites for hydroxylation is 1. The summed E-state index contributed by atoms with van der Waals surface area (Å²) in [5, 5.41) is 5.43. The molecule has 4 atom stereocenters. The van der Waals surface area contributed by atoms with Crippen molar-refractivity contribution in [3.63, 3.8) is 0 Å². The summed E-state index contributed by atoms with van der Waals surface area (Å²) >= 11 is 0. The number of alkyl halides is 1. The van der Waals surface area contributed by atoms with Gasteiger partial charge in [-0.3, -0.25) is 34.0 Å². The molecule has 2 aromatic heterocycles. The number of hydrogen-bond donors (Lipinski definition) is 2. The molecule has 5 heterocycles. The van der Waals surface area contributed by atoms with Crippen LogP contribution in [-0.4, -0.2) is 144 Å². The van der Waals surface area contributed by atoms with E-state index < -0.39 is 58.8 Å². The van der Waals surface area contributed by atoms with Gasteiger partial charge in [-0.15, -0.1) is 0 Å². The average molecular weight is 977 g/mol. The fourth-order valence-electron chi connectivity index (χ4n) is 10.4. The monoisotopic (exact) mass is 977 g/mol. The van der Waals surface area contributed by atoms with Gasteiger partial charge in [0.2, 0.25) is 11.8 Å². The van der Waals surface area contributed by atoms with Gasteiger partial charge in [0.1, 0.15) is 18.1 Å². The number of nitrogens with one attached hydrogen (secondary N) is 2. The summed E-state index contributed by atoms with van der Waals surface area (Å²) in [7, 11) is 6.88. The van der Waals surface area contributed by atoms with Gasteiger partial charge in [0.05, 0.1) is 24.1 Å². The molecule has 2 saturated heterocycles. The Morgan fingerprint density at radius 1 is 1.01 bits per heavy atom. The molecule has 71 heavy (non-hydrogen) atoms. The lowest BCUT2D eigenvalue weighted by Crippen LogP contribution is -2.63. The molecule has 2 fully saturated rings. The minimum Gasteiger partial charge on any atom is -0.464 e. The molecule has 0 unspecified atom stereocenters. The van der Waals surface area contributed by atoms with Crippen molar-refractivity contribution in [1.82, 2.24) is 40.0 Å². The first kappa shape index (κ1) is 52.8. The van der Waals surface area contributed by atoms with Crippen molar-refractivity contribution in [3.05, 3.63) is 89.8 Å². The maximum absolute atomic E-state index is 16.7. The molecule has 2 aromatic carbocycles. The van der Waals surface area contributed by atoms with Crippen LogP contribution in [-0.2, 0) is 52.8 Å². The molecule has 7 rings (SSSR count). The van der Waals surface area contributed by atoms with Crippen molar-refractivity contribution in [2.45, 2.75) is 117 Å². The van der Waals surface area contributed by atoms with Gasteiger partial charge in [-0.25, -0.2) is 9.82 Å². The Morgan fingerprint density at radius 2 is 1.75 bits per heavy atom. The number of likely N-dealkylation sites (N-methyl/N-ethyl adjacent to an activating group) is 2. The van der Waals surface area contributed by atoms with E-state index in [-0.39, 0.29) is 57.5 Å². The standard InChI is InChI=1S/C55H73FN8O7/c1-11-63-45-22-21-39-32-41(45)42(49(63)40-18-13-25-57-47(40)36(4)70-10)33-54(5,6)34-71-52(68)43-19-14-27-64(59-43)51(67)44(31-37-16-12-17-38(39)30-37)58-50(66)48(35(2)3)61(9)53(69)55(56)23-28-62(29-24-55)46(65)20-15-26-60(7)8/h12-13,15-18,20-22,25,30,32,35-36,43-44,48,59H,11,14,19,23-24,26-29,31,33-34H2,1-10H3,(H,58,66)/b20-15+/t36-,43-,44-,48-/m0/s1. The number of ether oxygens (including phenoxy) is 2. The number of hydrazine groups is 1. The molecule has 6 bridgehead atoms. The third-order valence-electron chi connectivity index (χ3n) is 14.2. The zero-order valence-corrected chi connectivity index (χ0v) is 43.2. The van der Waals surface area contributed by atoms with Crippen LogP contribution in [0.5, 0.6) is 0 Å². The topological polar surface area (TPSA) is 159 Å². The number of rotatable bonds is 12. The van der Waals surface area contributed by atoms with Gasteiger partial charge in [0.25, 0.3) is 11.8 Å². The number of hydrogen-bond acceptors (Lipinski definition) is 10. The number of methoxy groups -OCH3 is 1. The molecule has 4 aromatic rings. The summed E-state index contributed by atoms with van der Waals surface area (Å²) in [5.41, 5.74) is 7.90. The molecule has 2 N–H and O–H groups in total. The highest BCUT2D eigenvalue weighted by molar-refractivity contribution is 5.96. The molecule has 15 nitrogen and oxygen atoms in total. The summed E-state index contributed by atoms with van der Waals surface area (Å²) in [6, 6.07) is 15.3. The molecule has 16 heteroatoms. The van der Waals surface area contributed by atoms with E-state index in [9.17, 15) is 24.0 Å². The van der Waals surface area contributed by atoms with Crippen LogP contribution in [0.2, 0.25) is 0 Å². The fourth-order valence-corrected chi connectivity index (χ4v) is 10.4. The number of piperidine rings is 1. The van der Waals surface area contributed by atoms with E-state index in [0.717, 1.165) is 55.0 Å². The molecule has 0 radical (unpaired) electrons. The normalized spacial score (nSPS) is 20.5. The number of nitrogens with zero attached hydrogens (tertiary/aromatic N) is 6. The van der Waals surface area contributed by atoms with Crippen LogP contribution in [0.15, 0.2) is 72.9 Å². The molecule has 0 spiro atoms. The van der Waals surface area contributed by atoms with E-state index in [1.807, 2.05) is 56.3 Å². The first-order chi connectivity index (χ1) is 33.7. The summed E-state index contributed by atoms with van der Waals surface area (Å²) in [4.78, 5) is 79.7. The number of esters is 1. The lowest BCUT2D eigenvalue weighted by Gasteiger charge is -2.40. The summed E-state index contributed by atoms with van der Waals surface area (Å²) < 4.78 is 30.9. The zero-order valence-electron chi connectivity index (χ0n) is 43.2. The smallest absolute Gasteiger partial charge is 0.324 e. The Morgan fingerprint density at radius 3 is 2.44 bits per heavy atom. The molecular weight excluding hydrogens is 904 g/mol. The van der Waals surface area contributed by atoms with Gasteiger partial charge >= 0.3 is 5.97 Å². The summed E-state index contributed by atoms with van der Waals surface area (Å²) in [5.74, 6) is -3.13. The van der Waals surface area contributed by atoms with Crippen LogP contribution < -0.4 is 10.7 Å². The fraction of sp³-hybridized carbons (Fsp3) is 0.527. The number of carbonyl (C=O) groups is 5. The SMILES string of the molecule is CCn1c(-c2cccnc2[C@H](C)OC)c2c3cc(ccc31)-c1cccc(c1)C[C@H](NC(=O)[C@H](C(C)C)N(C)C(=O)C1(F)CCN(C(=O)/C=C/CN(C)C)CC1)C(=O)N1CCC[C@H](N1)C(=O)OCC(C)(C)C2. The van der Waals surface area contributed by atoms with Crippen molar-refractivity contribution in [3.8, 4) is 22.4 Å². The number of likely N-dealkylation sites (tertiary alicyclic amines) is 1. The second kappa shape index (κ2) is 22.2. The third-order valence-corrected chi connectivity index (χ3v) is 14.2. The van der Waals surface area contributed by atoms with Crippen LogP contribution in [0, 0.1) is 11.3 Å². The molecule has 0 aliphatic carbocycles. The first-order valence-electron chi connectivity index (χ1n) is 25.1. The van der Waals surface area contributed by atoms with E-state index in [4.69, 9.17) is 14.5 Å². The predicted molar refractivity (Wildman–Crippen MR) is 272 cm³/mol. The van der Waals surface area contributed by atoms with E-state index in [1.165, 1.54) is 23.0 Å². The average Bonchev–Trinajstić information content (AvgIpc) is 3.65. The highest BCUT2D eigenvalue weighted by Crippen LogP contribution is 2.42. The van der Waals surface area contributed by atoms with Crippen LogP contribution in [0.3, 0.4) is 0 Å². The van der Waals surface area contributed by atoms with Gasteiger partial charge in [-0.2, -0.15) is 0 Å². The van der Waals surface area contributed by atoms with Gasteiger partial charge in [-0.1, -0.05) is 64.1 Å². The second-order valence-electron chi connectivity index (χ2n) is 20.9. The molecule has 4 amide bonds. The van der Waals surface area contributed by atoms with E-state index in [0.29, 0.717) is 32.4 Å². The Hall–Kier alpha value is -5.97. The van der Waals surface area contributed by atoms with Crippen molar-refractivity contribution in [2.75, 3.05) is 61.0 Å². The Kier molecular flexibility index (Phi) is 16.5. The van der Waals surface area contributed by atoms with Crippen molar-refractivity contribution in [1.29, 1.82) is 0 Å². The van der Waals surface area contributed by atoms with Crippen LogP contribution in [0.4, 0.5) is 4.39 Å². The predicted octanol–water partition coefficient (Wildman–Crippen LogP) is 6.68. The number of aromatic nitrogens is 2. The number of amides is 4. The summed E-state index contributed by atoms with van der Waals surface area (Å²) in [6.07, 6.45) is 5.89. The Bertz CT molecular complexity index is 2640. The molecule has 382 valence electrons. The molecule has 0 saturated carbocycles. The first-order valence-corrected chi connectivity index (χ1v) is 25.1. The minimum absolute atomic E-state index is 0.0482. The van der Waals surface area contributed by atoms with Crippen LogP contribution in [0.1, 0.15) is 90.2 Å². The number of pyridine rings is 1. The second-order valence-corrected chi connectivity index (χ2v) is 20.9. The van der Waals surface area contributed by atoms with E-state index in [2.05, 4.69) is 60.3 Å². The maximum atomic E-state index is 16.7. The van der Waals surface area contributed by atoms with Gasteiger partial charge in [-0.05, 0) is 99.6 Å². The van der Waals surface area contributed by atoms with E-state index >= 15 is 4.39 Å². The van der Waals surface area contributed by atoms with E-state index in [1.54, 1.807) is 33.2 Å². The number of cyclic esters (lactones) is 1. The molecular formula is C55H73FN8O7. The zero-order chi connectivity index (χ0) is 51.4. The largest absolute Gasteiger partial charge is 0.464 e. The van der Waals surface area contributed by atoms with Crippen molar-refractivity contribution in [2.24, 2.45) is 11.3 Å². The Labute approximate surface area is 418 Å². The molecule has 3 aliphatic heterocycles. The highest BCUT2D eigenvalue weighted by Gasteiger charge is 2.47. The number of halogens is 1. The van der Waals surface area contributed by atoms with Gasteiger partial charge in [0, 0.05) is 100 Å². The van der Waals surface area contributed by atoms with Crippen LogP contribution >= 0.6 is 0 Å². The Balaban J connectivity index is 1.23. The van der Waals surface area contributed by atoms with Crippen molar-refractivity contribution >= 4 is 40.5 Å². The lowest BCUT2D eigenvalue weighted by molar-refractivity contribution is -0.156. The van der Waals surface area contributed by atoms with Gasteiger partial charge in [0.15, 0.2) is 5.67 Å². The lowest BCUT2D eigenvalue weighted by atomic mass is 9.84. The maximum Gasteiger partial charge on any atom is 0.324 e. The van der Waals surface area contributed by atoms with Crippen molar-refractivity contribution < 1.29 is 37.8 Å². The highest BCUT2D eigenvalue weighted by atomic mass is 19.1. The number of fused-ring (bicyclic) bond motifs is 6. The number of benzene rings is 2. The third kappa shape index (κ3) is 11.7. The quantitative estimate of drug-likeness (QED) is 0.116. The van der Waals surface area contributed by atoms with Crippen LogP contribution in [0.25, 0.3) is 33.3 Å².